The van der Waals surface area contributed by atoms with Crippen LogP contribution in [0.4, 0.5) is 22.7 Å². The Balaban J connectivity index is 0.00000539. The van der Waals surface area contributed by atoms with E-state index in [1.54, 1.807) is 0 Å². The van der Waals surface area contributed by atoms with Gasteiger partial charge in [-0.1, -0.05) is 166 Å². The first-order valence-corrected chi connectivity index (χ1v) is 23.9. The number of nitrogens with zero attached hydrogens (tertiary/aromatic N) is 4. The van der Waals surface area contributed by atoms with Crippen LogP contribution < -0.4 is 13.9 Å². The topological polar surface area (TPSA) is 27.1 Å². The van der Waals surface area contributed by atoms with Gasteiger partial charge >= 0.3 is 0 Å². The number of hydrogen-bond donors (Lipinski definition) is 0. The van der Waals surface area contributed by atoms with Crippen molar-refractivity contribution in [1.82, 2.24) is 18.7 Å². The minimum atomic E-state index is -0.0921. The van der Waals surface area contributed by atoms with Gasteiger partial charge in [0.1, 0.15) is 5.82 Å². The minimum absolute atomic E-state index is 0. The first kappa shape index (κ1) is 45.7. The largest absolute Gasteiger partial charge is 0.509 e. The molecule has 2 aromatic heterocycles. The Labute approximate surface area is 417 Å². The fourth-order valence-electron chi connectivity index (χ4n) is 10.8. The smallest absolute Gasteiger partial charge is 0.225 e. The number of fused-ring (bicyclic) bond motifs is 7. The van der Waals surface area contributed by atoms with E-state index in [0.29, 0.717) is 32.5 Å². The molecule has 7 aromatic carbocycles. The molecular formula is C62H59N4OPt-. The molecule has 11 rings (SSSR count). The molecule has 2 aliphatic rings. The fraction of sp³-hybridized carbons (Fsp3) is 0.226. The Morgan fingerprint density at radius 2 is 1.26 bits per heavy atom. The Hall–Kier alpha value is -6.10. The summed E-state index contributed by atoms with van der Waals surface area (Å²) >= 11 is 0. The molecule has 6 heteroatoms. The second-order valence-electron chi connectivity index (χ2n) is 21.3. The van der Waals surface area contributed by atoms with E-state index in [9.17, 15) is 0 Å². The quantitative estimate of drug-likeness (QED) is 0.0818. The second kappa shape index (κ2) is 16.6. The van der Waals surface area contributed by atoms with Crippen LogP contribution in [-0.2, 0) is 31.9 Å². The van der Waals surface area contributed by atoms with Crippen LogP contribution in [0.1, 0.15) is 103 Å². The Morgan fingerprint density at radius 3 is 1.96 bits per heavy atom. The van der Waals surface area contributed by atoms with Crippen molar-refractivity contribution in [2.24, 2.45) is 0 Å². The van der Waals surface area contributed by atoms with Gasteiger partial charge in [-0.25, -0.2) is 9.58 Å². The van der Waals surface area contributed by atoms with E-state index in [1.807, 2.05) is 6.20 Å². The molecule has 0 aliphatic carbocycles. The molecule has 68 heavy (non-hydrogen) atoms. The molecule has 344 valence electrons. The van der Waals surface area contributed by atoms with Gasteiger partial charge in [-0.15, -0.1) is 29.1 Å². The zero-order valence-corrected chi connectivity index (χ0v) is 43.0. The van der Waals surface area contributed by atoms with Crippen molar-refractivity contribution in [3.05, 3.63) is 199 Å². The minimum Gasteiger partial charge on any atom is -0.509 e. The van der Waals surface area contributed by atoms with Crippen LogP contribution >= 0.6 is 0 Å². The van der Waals surface area contributed by atoms with Crippen molar-refractivity contribution in [3.63, 3.8) is 0 Å². The summed E-state index contributed by atoms with van der Waals surface area (Å²) in [7, 11) is 0. The Morgan fingerprint density at radius 1 is 0.588 bits per heavy atom. The summed E-state index contributed by atoms with van der Waals surface area (Å²) in [5, 5.41) is 2.25. The molecule has 0 saturated carbocycles. The van der Waals surface area contributed by atoms with Gasteiger partial charge in [0, 0.05) is 68.5 Å². The molecule has 5 nitrogen and oxygen atoms in total. The van der Waals surface area contributed by atoms with E-state index in [-0.39, 0.29) is 31.9 Å². The molecule has 0 radical (unpaired) electrons. The van der Waals surface area contributed by atoms with Gasteiger partial charge in [0.2, 0.25) is 11.4 Å². The van der Waals surface area contributed by atoms with E-state index >= 15 is 0 Å². The molecule has 0 amide bonds. The SMILES string of the molecule is CC(C)c1cccc(C(C)C)c1-c1cc(Oc2[c-]c3c(cc2)c2ccccc2n3-c2cc(C(C)(C)C)ccn2)[c-]c([N+]23[CH-][N@+]2(c2ccc(-c4ccccc4)c(C(C)(C)C)c2)c2ccccc23)c1.[Pt]. The average molecular weight is 1070 g/mol. The molecule has 9 aromatic rings. The fourth-order valence-corrected chi connectivity index (χ4v) is 10.8. The summed E-state index contributed by atoms with van der Waals surface area (Å²) in [6.45, 7) is 25.3. The summed E-state index contributed by atoms with van der Waals surface area (Å²) in [6, 6.07) is 63.0. The Kier molecular flexibility index (Phi) is 11.1. The molecule has 2 atom stereocenters. The van der Waals surface area contributed by atoms with E-state index in [4.69, 9.17) is 9.72 Å². The number of aromatic nitrogens is 2. The monoisotopic (exact) mass is 1070 g/mol. The number of benzene rings is 7. The van der Waals surface area contributed by atoms with Gasteiger partial charge in [-0.3, -0.25) is 0 Å². The van der Waals surface area contributed by atoms with Gasteiger partial charge in [-0.2, -0.15) is 10.7 Å². The van der Waals surface area contributed by atoms with Crippen molar-refractivity contribution in [2.75, 3.05) is 0 Å². The molecule has 0 spiro atoms. The summed E-state index contributed by atoms with van der Waals surface area (Å²) in [5.41, 5.74) is 16.7. The molecular weight excluding hydrogens is 1010 g/mol. The van der Waals surface area contributed by atoms with E-state index in [1.165, 1.54) is 56.0 Å². The number of rotatable bonds is 9. The van der Waals surface area contributed by atoms with Crippen molar-refractivity contribution in [2.45, 2.75) is 91.9 Å². The van der Waals surface area contributed by atoms with Crippen LogP contribution in [0, 0.1) is 18.8 Å². The normalized spacial score (nSPS) is 17.5. The number of para-hydroxylation sites is 3. The zero-order chi connectivity index (χ0) is 46.6. The Bertz CT molecular complexity index is 3380. The van der Waals surface area contributed by atoms with E-state index in [0.717, 1.165) is 38.9 Å². The predicted molar refractivity (Wildman–Crippen MR) is 279 cm³/mol. The first-order valence-electron chi connectivity index (χ1n) is 23.9. The number of pyridine rings is 1. The van der Waals surface area contributed by atoms with Crippen LogP contribution in [-0.4, -0.2) is 9.55 Å². The number of ether oxygens (including phenoxy) is 1. The summed E-state index contributed by atoms with van der Waals surface area (Å²) in [5.74, 6) is 2.76. The van der Waals surface area contributed by atoms with E-state index in [2.05, 4.69) is 244 Å². The third-order valence-electron chi connectivity index (χ3n) is 14.2. The second-order valence-corrected chi connectivity index (χ2v) is 21.3. The molecule has 4 heterocycles. The van der Waals surface area contributed by atoms with Gasteiger partial charge in [0.25, 0.3) is 0 Å². The molecule has 2 aliphatic heterocycles. The maximum atomic E-state index is 7.12. The number of quaternary nitrogens is 2. The molecule has 0 bridgehead atoms. The first-order chi connectivity index (χ1) is 32.1. The van der Waals surface area contributed by atoms with Crippen LogP contribution in [0.3, 0.4) is 0 Å². The standard InChI is InChI=1S/C62H59N4O.Pt/c1-40(2)49-22-18-23-50(41(3)4)60(49)43-33-46(66-39-65(66,57-25-16-17-26-58(57)66)45-27-29-51(42-19-12-11-13-20-42)54(37-45)62(8,9)10)36-48(34-43)67-47-28-30-53-52-21-14-15-24-55(52)64(56(53)38-47)59-35-44(31-32-63-59)61(5,6)7;/h11-35,37,39-41H,1-10H3;/q-1;/t65-,66?;/m0./s1. The third-order valence-corrected chi connectivity index (χ3v) is 14.2. The average Bonchev–Trinajstić information content (AvgIpc) is 3.81. The van der Waals surface area contributed by atoms with Crippen molar-refractivity contribution in [1.29, 1.82) is 0 Å². The predicted octanol–water partition coefficient (Wildman–Crippen LogP) is 17.1. The van der Waals surface area contributed by atoms with Crippen molar-refractivity contribution >= 4 is 44.6 Å². The van der Waals surface area contributed by atoms with Crippen LogP contribution in [0.15, 0.2) is 158 Å². The van der Waals surface area contributed by atoms with Gasteiger partial charge in [-0.05, 0) is 91.3 Å². The van der Waals surface area contributed by atoms with Crippen LogP contribution in [0.25, 0.3) is 49.9 Å². The van der Waals surface area contributed by atoms with Gasteiger partial charge < -0.3 is 9.30 Å². The van der Waals surface area contributed by atoms with Crippen molar-refractivity contribution < 1.29 is 25.8 Å². The van der Waals surface area contributed by atoms with E-state index < -0.39 is 0 Å². The van der Waals surface area contributed by atoms with Gasteiger partial charge in [0.05, 0.1) is 5.69 Å². The molecule has 1 saturated heterocycles. The summed E-state index contributed by atoms with van der Waals surface area (Å²) in [4.78, 5) is 4.94. The zero-order valence-electron chi connectivity index (χ0n) is 40.8. The molecule has 0 N–H and O–H groups in total. The number of hydrogen-bond acceptors (Lipinski definition) is 2. The van der Waals surface area contributed by atoms with Crippen LogP contribution in [0.5, 0.6) is 11.5 Å². The van der Waals surface area contributed by atoms with Crippen molar-refractivity contribution in [3.8, 4) is 39.6 Å². The molecule has 1 fully saturated rings. The summed E-state index contributed by atoms with van der Waals surface area (Å²) in [6.07, 6.45) is 1.92. The maximum absolute atomic E-state index is 7.12. The van der Waals surface area contributed by atoms with Gasteiger partial charge in [0.15, 0.2) is 12.4 Å². The van der Waals surface area contributed by atoms with Crippen LogP contribution in [0.2, 0.25) is 0 Å². The summed E-state index contributed by atoms with van der Waals surface area (Å²) < 4.78 is 10.4. The molecule has 1 unspecified atom stereocenters. The maximum Gasteiger partial charge on any atom is 0.225 e. The third kappa shape index (κ3) is 7.11.